The number of hydrogen-bond donors (Lipinski definition) is 1. The van der Waals surface area contributed by atoms with Crippen molar-refractivity contribution >= 4 is 0 Å². The average molecular weight is 247 g/mol. The Bertz CT molecular complexity index is 326. The maximum atomic E-state index is 4.12. The summed E-state index contributed by atoms with van der Waals surface area (Å²) in [6.45, 7) is 9.78. The summed E-state index contributed by atoms with van der Waals surface area (Å²) in [7, 11) is 0. The monoisotopic (exact) mass is 247 g/mol. The molecule has 0 amide bonds. The van der Waals surface area contributed by atoms with E-state index >= 15 is 0 Å². The Morgan fingerprint density at radius 3 is 1.56 bits per heavy atom. The third-order valence-electron chi connectivity index (χ3n) is 7.61. The van der Waals surface area contributed by atoms with Crippen molar-refractivity contribution in [1.29, 1.82) is 0 Å². The summed E-state index contributed by atoms with van der Waals surface area (Å²) in [4.78, 5) is 0. The first-order chi connectivity index (χ1) is 8.39. The van der Waals surface area contributed by atoms with Crippen LogP contribution in [0.1, 0.15) is 59.8 Å². The van der Waals surface area contributed by atoms with Crippen LogP contribution < -0.4 is 5.32 Å². The van der Waals surface area contributed by atoms with Crippen LogP contribution in [-0.4, -0.2) is 12.1 Å². The molecule has 4 bridgehead atoms. The van der Waals surface area contributed by atoms with Gasteiger partial charge in [0.15, 0.2) is 0 Å². The lowest BCUT2D eigenvalue weighted by atomic mass is 9.54. The predicted octanol–water partition coefficient (Wildman–Crippen LogP) is 3.84. The smallest absolute Gasteiger partial charge is 0.0184 e. The molecular formula is C17H29N. The first-order valence-corrected chi connectivity index (χ1v) is 8.15. The minimum absolute atomic E-state index is 0.502. The number of nitrogens with one attached hydrogen (secondary N) is 1. The van der Waals surface area contributed by atoms with E-state index in [1.165, 1.54) is 25.7 Å². The van der Waals surface area contributed by atoms with Gasteiger partial charge >= 0.3 is 0 Å². The zero-order valence-electron chi connectivity index (χ0n) is 12.5. The molecule has 0 aromatic rings. The summed E-state index contributed by atoms with van der Waals surface area (Å²) in [5.74, 6) is 4.25. The second kappa shape index (κ2) is 3.34. The zero-order valence-corrected chi connectivity index (χ0v) is 12.5. The summed E-state index contributed by atoms with van der Waals surface area (Å²) >= 11 is 0. The van der Waals surface area contributed by atoms with E-state index in [-0.39, 0.29) is 0 Å². The molecule has 0 saturated heterocycles. The Labute approximate surface area is 112 Å². The molecule has 5 fully saturated rings. The second-order valence-corrected chi connectivity index (χ2v) is 9.00. The van der Waals surface area contributed by atoms with Crippen LogP contribution in [0.4, 0.5) is 0 Å². The fourth-order valence-corrected chi connectivity index (χ4v) is 6.00. The summed E-state index contributed by atoms with van der Waals surface area (Å²) in [5, 5.41) is 4.12. The van der Waals surface area contributed by atoms with Crippen LogP contribution in [0.3, 0.4) is 0 Å². The van der Waals surface area contributed by atoms with E-state index < -0.39 is 0 Å². The molecular weight excluding hydrogens is 218 g/mol. The first-order valence-electron chi connectivity index (χ1n) is 8.15. The van der Waals surface area contributed by atoms with Crippen LogP contribution in [0.25, 0.3) is 0 Å². The number of rotatable bonds is 2. The van der Waals surface area contributed by atoms with E-state index in [9.17, 15) is 0 Å². The summed E-state index contributed by atoms with van der Waals surface area (Å²) in [5.41, 5.74) is 1.00. The molecule has 0 radical (unpaired) electrons. The highest BCUT2D eigenvalue weighted by Crippen LogP contribution is 2.64. The minimum Gasteiger partial charge on any atom is -0.310 e. The van der Waals surface area contributed by atoms with Crippen molar-refractivity contribution in [3.05, 3.63) is 0 Å². The molecule has 1 N–H and O–H groups in total. The van der Waals surface area contributed by atoms with Gasteiger partial charge in [0.05, 0.1) is 0 Å². The largest absolute Gasteiger partial charge is 0.310 e. The lowest BCUT2D eigenvalue weighted by Crippen LogP contribution is -2.55. The lowest BCUT2D eigenvalue weighted by Gasteiger charge is -2.55. The zero-order chi connectivity index (χ0) is 12.7. The second-order valence-electron chi connectivity index (χ2n) is 9.00. The van der Waals surface area contributed by atoms with Gasteiger partial charge in [-0.05, 0) is 66.6 Å². The summed E-state index contributed by atoms with van der Waals surface area (Å²) in [6.07, 6.45) is 7.73. The van der Waals surface area contributed by atoms with Gasteiger partial charge < -0.3 is 5.32 Å². The van der Waals surface area contributed by atoms with Crippen molar-refractivity contribution in [3.8, 4) is 0 Å². The van der Waals surface area contributed by atoms with E-state index in [4.69, 9.17) is 0 Å². The van der Waals surface area contributed by atoms with Gasteiger partial charge in [-0.15, -0.1) is 0 Å². The third-order valence-corrected chi connectivity index (χ3v) is 7.61. The molecule has 0 spiro atoms. The molecule has 5 saturated carbocycles. The van der Waals surface area contributed by atoms with Gasteiger partial charge in [-0.2, -0.15) is 0 Å². The molecule has 5 rings (SSSR count). The van der Waals surface area contributed by atoms with Crippen molar-refractivity contribution in [2.45, 2.75) is 71.9 Å². The van der Waals surface area contributed by atoms with Crippen LogP contribution in [-0.2, 0) is 0 Å². The van der Waals surface area contributed by atoms with Crippen LogP contribution >= 0.6 is 0 Å². The molecule has 0 aliphatic heterocycles. The quantitative estimate of drug-likeness (QED) is 0.782. The Morgan fingerprint density at radius 1 is 0.722 bits per heavy atom. The average Bonchev–Trinajstić information content (AvgIpc) is 2.63. The summed E-state index contributed by atoms with van der Waals surface area (Å²) in [6, 6.07) is 1.62. The maximum Gasteiger partial charge on any atom is 0.0184 e. The molecule has 0 aromatic heterocycles. The topological polar surface area (TPSA) is 12.0 Å². The SMILES string of the molecule is CC1(C)C(NC2C3CC4CC(C3)CC2C4)C1(C)C. The van der Waals surface area contributed by atoms with Crippen molar-refractivity contribution in [2.75, 3.05) is 0 Å². The van der Waals surface area contributed by atoms with Crippen molar-refractivity contribution in [3.63, 3.8) is 0 Å². The molecule has 18 heavy (non-hydrogen) atoms. The van der Waals surface area contributed by atoms with Gasteiger partial charge in [0, 0.05) is 12.1 Å². The van der Waals surface area contributed by atoms with Crippen molar-refractivity contribution in [1.82, 2.24) is 5.32 Å². The third kappa shape index (κ3) is 1.38. The van der Waals surface area contributed by atoms with Crippen molar-refractivity contribution in [2.24, 2.45) is 34.5 Å². The molecule has 0 heterocycles. The molecule has 1 nitrogen and oxygen atoms in total. The highest BCUT2D eigenvalue weighted by molar-refractivity contribution is 5.19. The van der Waals surface area contributed by atoms with Gasteiger partial charge in [-0.3, -0.25) is 0 Å². The van der Waals surface area contributed by atoms with Crippen LogP contribution in [0.2, 0.25) is 0 Å². The van der Waals surface area contributed by atoms with E-state index in [2.05, 4.69) is 33.0 Å². The molecule has 1 heteroatoms. The van der Waals surface area contributed by atoms with Gasteiger partial charge in [0.2, 0.25) is 0 Å². The normalized spacial score (nSPS) is 51.7. The van der Waals surface area contributed by atoms with Gasteiger partial charge in [-0.1, -0.05) is 27.7 Å². The molecule has 5 aliphatic carbocycles. The Kier molecular flexibility index (Phi) is 2.18. The highest BCUT2D eigenvalue weighted by atomic mass is 15.1. The standard InChI is InChI=1S/C17H29N/c1-16(2)15(17(16,3)4)18-14-12-6-10-5-11(8-12)9-13(14)7-10/h10-15,18H,5-9H2,1-4H3. The van der Waals surface area contributed by atoms with E-state index in [1.54, 1.807) is 6.42 Å². The predicted molar refractivity (Wildman–Crippen MR) is 75.3 cm³/mol. The first kappa shape index (κ1) is 11.8. The number of hydrogen-bond acceptors (Lipinski definition) is 1. The van der Waals surface area contributed by atoms with Gasteiger partial charge in [-0.25, -0.2) is 0 Å². The van der Waals surface area contributed by atoms with Gasteiger partial charge in [0.1, 0.15) is 0 Å². The van der Waals surface area contributed by atoms with Crippen LogP contribution in [0, 0.1) is 34.5 Å². The van der Waals surface area contributed by atoms with E-state index in [0.29, 0.717) is 10.8 Å². The van der Waals surface area contributed by atoms with Gasteiger partial charge in [0.25, 0.3) is 0 Å². The molecule has 0 aromatic carbocycles. The Hall–Kier alpha value is -0.0400. The van der Waals surface area contributed by atoms with E-state index in [0.717, 1.165) is 35.8 Å². The Balaban J connectivity index is 1.50. The summed E-state index contributed by atoms with van der Waals surface area (Å²) < 4.78 is 0. The molecule has 102 valence electrons. The van der Waals surface area contributed by atoms with Crippen molar-refractivity contribution < 1.29 is 0 Å². The Morgan fingerprint density at radius 2 is 1.17 bits per heavy atom. The molecule has 0 unspecified atom stereocenters. The minimum atomic E-state index is 0.502. The fraction of sp³-hybridized carbons (Fsp3) is 1.00. The molecule has 5 aliphatic rings. The molecule has 0 atom stereocenters. The van der Waals surface area contributed by atoms with E-state index in [1.807, 2.05) is 0 Å². The van der Waals surface area contributed by atoms with Crippen LogP contribution in [0.5, 0.6) is 0 Å². The lowest BCUT2D eigenvalue weighted by molar-refractivity contribution is -0.0158. The fourth-order valence-electron chi connectivity index (χ4n) is 6.00. The highest BCUT2D eigenvalue weighted by Gasteiger charge is 2.66. The maximum absolute atomic E-state index is 4.12. The van der Waals surface area contributed by atoms with Crippen LogP contribution in [0.15, 0.2) is 0 Å².